The molecule has 0 amide bonds. The van der Waals surface area contributed by atoms with Gasteiger partial charge in [0.05, 0.1) is 33.9 Å². The Morgan fingerprint density at radius 3 is 1.42 bits per heavy atom. The fraction of sp³-hybridized carbons (Fsp3) is 0.122. The molecule has 1 atom stereocenters. The summed E-state index contributed by atoms with van der Waals surface area (Å²) in [7, 11) is 0. The second-order valence-corrected chi connectivity index (χ2v) is 13.0. The second-order valence-electron chi connectivity index (χ2n) is 13.0. The molecule has 0 bridgehead atoms. The smallest absolute Gasteiger partial charge is 0.264 e. The standard InChI is InChI=1S/C41H30N2O2/c1-40(2)33-22-21-28(43-36-17-9-5-13-31(36)32-14-6-10-18-37(32)43)24-39(33)45-41(40)25-26-19-20-27(23-38(26)44-41)42-34-15-7-3-11-29(34)30-12-4-8-16-35(30)42/h3-24H,25H2,1-2H3. The average molecular weight is 583 g/mol. The Morgan fingerprint density at radius 1 is 0.489 bits per heavy atom. The molecule has 10 rings (SSSR count). The molecule has 4 heteroatoms. The highest BCUT2D eigenvalue weighted by Gasteiger charge is 2.60. The number of hydrogen-bond donors (Lipinski definition) is 0. The molecule has 6 aromatic carbocycles. The summed E-state index contributed by atoms with van der Waals surface area (Å²) in [6, 6.07) is 47.7. The van der Waals surface area contributed by atoms with Gasteiger partial charge in [0, 0.05) is 56.2 Å². The summed E-state index contributed by atoms with van der Waals surface area (Å²) in [4.78, 5) is 0. The summed E-state index contributed by atoms with van der Waals surface area (Å²) in [5.74, 6) is 0.948. The van der Waals surface area contributed by atoms with Crippen molar-refractivity contribution >= 4 is 43.6 Å². The van der Waals surface area contributed by atoms with Crippen LogP contribution in [0.1, 0.15) is 25.0 Å². The van der Waals surface area contributed by atoms with Gasteiger partial charge in [-0.05, 0) is 50.2 Å². The number of ether oxygens (including phenoxy) is 2. The zero-order chi connectivity index (χ0) is 29.9. The van der Waals surface area contributed by atoms with E-state index in [0.29, 0.717) is 6.42 Å². The molecule has 8 aromatic rings. The van der Waals surface area contributed by atoms with E-state index in [1.54, 1.807) is 0 Å². The summed E-state index contributed by atoms with van der Waals surface area (Å²) in [5.41, 5.74) is 8.90. The quantitative estimate of drug-likeness (QED) is 0.203. The van der Waals surface area contributed by atoms with Crippen LogP contribution in [0.4, 0.5) is 0 Å². The van der Waals surface area contributed by atoms with E-state index in [1.165, 1.54) is 54.7 Å². The van der Waals surface area contributed by atoms with Gasteiger partial charge in [0.25, 0.3) is 5.79 Å². The van der Waals surface area contributed by atoms with Crippen molar-refractivity contribution in [2.45, 2.75) is 31.5 Å². The topological polar surface area (TPSA) is 28.3 Å². The summed E-state index contributed by atoms with van der Waals surface area (Å²) in [5, 5.41) is 5.00. The van der Waals surface area contributed by atoms with Crippen molar-refractivity contribution in [3.63, 3.8) is 0 Å². The lowest BCUT2D eigenvalue weighted by Gasteiger charge is -2.35. The van der Waals surface area contributed by atoms with Crippen molar-refractivity contribution in [1.29, 1.82) is 0 Å². The predicted octanol–water partition coefficient (Wildman–Crippen LogP) is 9.88. The van der Waals surface area contributed by atoms with E-state index in [0.717, 1.165) is 22.9 Å². The Kier molecular flexibility index (Phi) is 4.75. The summed E-state index contributed by atoms with van der Waals surface area (Å²) < 4.78 is 18.6. The summed E-state index contributed by atoms with van der Waals surface area (Å²) in [6.07, 6.45) is 0.683. The molecule has 1 unspecified atom stereocenters. The normalized spacial score (nSPS) is 18.1. The van der Waals surface area contributed by atoms with Crippen LogP contribution in [0.5, 0.6) is 11.5 Å². The Bertz CT molecular complexity index is 2410. The number of benzene rings is 6. The average Bonchev–Trinajstić information content (AvgIpc) is 3.77. The lowest BCUT2D eigenvalue weighted by Crippen LogP contribution is -2.52. The summed E-state index contributed by atoms with van der Waals surface area (Å²) >= 11 is 0. The van der Waals surface area contributed by atoms with Crippen LogP contribution in [0, 0.1) is 0 Å². The van der Waals surface area contributed by atoms with E-state index in [1.807, 2.05) is 0 Å². The van der Waals surface area contributed by atoms with Gasteiger partial charge in [0.15, 0.2) is 0 Å². The first-order valence-electron chi connectivity index (χ1n) is 15.7. The monoisotopic (exact) mass is 582 g/mol. The Balaban J connectivity index is 1.07. The van der Waals surface area contributed by atoms with E-state index >= 15 is 0 Å². The third-order valence-corrected chi connectivity index (χ3v) is 10.3. The van der Waals surface area contributed by atoms with Crippen LogP contribution in [0.25, 0.3) is 55.0 Å². The molecule has 4 heterocycles. The van der Waals surface area contributed by atoms with Gasteiger partial charge in [-0.15, -0.1) is 0 Å². The molecule has 0 N–H and O–H groups in total. The number of hydrogen-bond acceptors (Lipinski definition) is 2. The molecule has 2 aromatic heterocycles. The highest BCUT2D eigenvalue weighted by atomic mass is 16.7. The van der Waals surface area contributed by atoms with Gasteiger partial charge in [0.1, 0.15) is 11.5 Å². The first kappa shape index (κ1) is 24.9. The van der Waals surface area contributed by atoms with Crippen molar-refractivity contribution in [1.82, 2.24) is 9.13 Å². The molecule has 45 heavy (non-hydrogen) atoms. The highest BCUT2D eigenvalue weighted by Crippen LogP contribution is 2.55. The molecular weight excluding hydrogens is 552 g/mol. The molecule has 1 spiro atoms. The van der Waals surface area contributed by atoms with E-state index < -0.39 is 5.79 Å². The van der Waals surface area contributed by atoms with Crippen LogP contribution in [-0.4, -0.2) is 14.9 Å². The minimum absolute atomic E-state index is 0.367. The molecule has 0 aliphatic carbocycles. The highest BCUT2D eigenvalue weighted by molar-refractivity contribution is 6.10. The first-order valence-corrected chi connectivity index (χ1v) is 15.7. The van der Waals surface area contributed by atoms with E-state index in [2.05, 4.69) is 156 Å². The first-order chi connectivity index (χ1) is 22.0. The molecule has 2 aliphatic heterocycles. The maximum absolute atomic E-state index is 6.94. The van der Waals surface area contributed by atoms with Gasteiger partial charge < -0.3 is 18.6 Å². The van der Waals surface area contributed by atoms with Crippen LogP contribution in [0.15, 0.2) is 133 Å². The van der Waals surface area contributed by atoms with Crippen molar-refractivity contribution in [3.05, 3.63) is 145 Å². The van der Waals surface area contributed by atoms with Gasteiger partial charge in [-0.3, -0.25) is 0 Å². The van der Waals surface area contributed by atoms with Gasteiger partial charge in [0.2, 0.25) is 0 Å². The summed E-state index contributed by atoms with van der Waals surface area (Å²) in [6.45, 7) is 4.50. The van der Waals surface area contributed by atoms with Crippen LogP contribution in [0.3, 0.4) is 0 Å². The number of para-hydroxylation sites is 4. The van der Waals surface area contributed by atoms with E-state index in [9.17, 15) is 0 Å². The van der Waals surface area contributed by atoms with Crippen LogP contribution >= 0.6 is 0 Å². The Labute approximate surface area is 260 Å². The maximum atomic E-state index is 6.94. The molecule has 0 radical (unpaired) electrons. The molecule has 4 nitrogen and oxygen atoms in total. The zero-order valence-electron chi connectivity index (χ0n) is 25.1. The largest absolute Gasteiger partial charge is 0.451 e. The number of nitrogens with zero attached hydrogens (tertiary/aromatic N) is 2. The van der Waals surface area contributed by atoms with Crippen LogP contribution in [0.2, 0.25) is 0 Å². The Hall–Kier alpha value is -5.48. The van der Waals surface area contributed by atoms with Crippen molar-refractivity contribution in [2.24, 2.45) is 0 Å². The van der Waals surface area contributed by atoms with Crippen LogP contribution < -0.4 is 9.47 Å². The molecule has 2 aliphatic rings. The van der Waals surface area contributed by atoms with Crippen molar-refractivity contribution < 1.29 is 9.47 Å². The van der Waals surface area contributed by atoms with Gasteiger partial charge >= 0.3 is 0 Å². The van der Waals surface area contributed by atoms with Crippen molar-refractivity contribution in [3.8, 4) is 22.9 Å². The number of aromatic nitrogens is 2. The number of fused-ring (bicyclic) bond motifs is 8. The van der Waals surface area contributed by atoms with Crippen molar-refractivity contribution in [2.75, 3.05) is 0 Å². The fourth-order valence-electron chi connectivity index (χ4n) is 7.96. The van der Waals surface area contributed by atoms with Gasteiger partial charge in [-0.25, -0.2) is 0 Å². The maximum Gasteiger partial charge on any atom is 0.264 e. The van der Waals surface area contributed by atoms with Crippen LogP contribution in [-0.2, 0) is 11.8 Å². The predicted molar refractivity (Wildman–Crippen MR) is 182 cm³/mol. The van der Waals surface area contributed by atoms with E-state index in [-0.39, 0.29) is 5.41 Å². The SMILES string of the molecule is CC1(C)c2ccc(-n3c4ccccc4c4ccccc43)cc2OC12Cc1ccc(-n3c4ccccc4c4ccccc43)cc1O2. The third kappa shape index (κ3) is 3.21. The molecule has 0 fully saturated rings. The third-order valence-electron chi connectivity index (χ3n) is 10.3. The minimum Gasteiger partial charge on any atom is -0.451 e. The number of rotatable bonds is 2. The second kappa shape index (κ2) is 8.58. The minimum atomic E-state index is -0.823. The zero-order valence-corrected chi connectivity index (χ0v) is 25.1. The fourth-order valence-corrected chi connectivity index (χ4v) is 7.96. The molecule has 216 valence electrons. The Morgan fingerprint density at radius 2 is 0.911 bits per heavy atom. The van der Waals surface area contributed by atoms with Gasteiger partial charge in [-0.2, -0.15) is 0 Å². The molecular formula is C41H30N2O2. The lowest BCUT2D eigenvalue weighted by atomic mass is 9.77. The van der Waals surface area contributed by atoms with E-state index in [4.69, 9.17) is 9.47 Å². The molecule has 0 saturated heterocycles. The lowest BCUT2D eigenvalue weighted by molar-refractivity contribution is -0.126. The van der Waals surface area contributed by atoms with Gasteiger partial charge in [-0.1, -0.05) is 84.9 Å². The molecule has 0 saturated carbocycles.